The van der Waals surface area contributed by atoms with Gasteiger partial charge in [0.05, 0.1) is 60.5 Å². The number of hydrogen-bond donors (Lipinski definition) is 0. The molecular formula is C44H46O10. The van der Waals surface area contributed by atoms with Crippen LogP contribution in [0.3, 0.4) is 0 Å². The highest BCUT2D eigenvalue weighted by Gasteiger charge is 2.49. The molecule has 4 aromatic rings. The van der Waals surface area contributed by atoms with Crippen molar-refractivity contribution in [3.05, 3.63) is 93.0 Å². The van der Waals surface area contributed by atoms with Crippen molar-refractivity contribution in [1.29, 1.82) is 0 Å². The molecule has 0 heterocycles. The van der Waals surface area contributed by atoms with Crippen LogP contribution in [0.1, 0.15) is 155 Å². The van der Waals surface area contributed by atoms with Gasteiger partial charge in [0, 0.05) is 0 Å². The molecule has 0 saturated carbocycles. The van der Waals surface area contributed by atoms with Crippen molar-refractivity contribution in [3.63, 3.8) is 0 Å². The normalized spacial score (nSPS) is 15.6. The summed E-state index contributed by atoms with van der Waals surface area (Å²) < 4.78 is 22.0. The fourth-order valence-corrected chi connectivity index (χ4v) is 7.18. The molecule has 0 N–H and O–H groups in total. The third-order valence-corrected chi connectivity index (χ3v) is 10.2. The van der Waals surface area contributed by atoms with Gasteiger partial charge in [-0.2, -0.15) is 0 Å². The molecule has 0 amide bonds. The summed E-state index contributed by atoms with van der Waals surface area (Å²) >= 11 is 0. The van der Waals surface area contributed by atoms with Crippen LogP contribution in [0.15, 0.2) is 48.5 Å². The number of ketones is 2. The molecule has 2 bridgehead atoms. The second-order valence-electron chi connectivity index (χ2n) is 14.0. The molecule has 0 unspecified atom stereocenters. The van der Waals surface area contributed by atoms with E-state index in [9.17, 15) is 28.8 Å². The number of unbranched alkanes of at least 4 members (excludes halogenated alkanes) is 4. The molecule has 3 aliphatic rings. The highest BCUT2D eigenvalue weighted by molar-refractivity contribution is 6.45. The minimum atomic E-state index is -0.932. The van der Waals surface area contributed by atoms with E-state index in [0.29, 0.717) is 69.5 Å². The topological polar surface area (TPSA) is 139 Å². The monoisotopic (exact) mass is 734 g/mol. The predicted octanol–water partition coefficient (Wildman–Crippen LogP) is 8.55. The van der Waals surface area contributed by atoms with Gasteiger partial charge in [-0.05, 0) is 118 Å². The third-order valence-electron chi connectivity index (χ3n) is 10.2. The smallest absolute Gasteiger partial charge is 0.339 e. The van der Waals surface area contributed by atoms with Gasteiger partial charge in [0.1, 0.15) is 0 Å². The van der Waals surface area contributed by atoms with Crippen LogP contribution >= 0.6 is 0 Å². The van der Waals surface area contributed by atoms with Crippen molar-refractivity contribution in [2.75, 3.05) is 26.4 Å². The maximum absolute atomic E-state index is 13.7. The van der Waals surface area contributed by atoms with Gasteiger partial charge in [0.25, 0.3) is 0 Å². The number of carbonyl (C=O) groups is 6. The zero-order valence-corrected chi connectivity index (χ0v) is 31.3. The number of hydrogen-bond acceptors (Lipinski definition) is 10. The van der Waals surface area contributed by atoms with Crippen LogP contribution in [0.4, 0.5) is 0 Å². The minimum Gasteiger partial charge on any atom is -0.462 e. The Bertz CT molecular complexity index is 1870. The van der Waals surface area contributed by atoms with Crippen LogP contribution < -0.4 is 0 Å². The Morgan fingerprint density at radius 2 is 0.630 bits per heavy atom. The Balaban J connectivity index is 1.48. The summed E-state index contributed by atoms with van der Waals surface area (Å²) in [5.74, 6) is -5.55. The van der Waals surface area contributed by atoms with Crippen molar-refractivity contribution < 1.29 is 47.7 Å². The van der Waals surface area contributed by atoms with E-state index in [1.165, 1.54) is 0 Å². The summed E-state index contributed by atoms with van der Waals surface area (Å²) in [6.07, 6.45) is 5.98. The fraction of sp³-hybridized carbons (Fsp3) is 0.409. The zero-order valence-electron chi connectivity index (χ0n) is 31.3. The first-order valence-corrected chi connectivity index (χ1v) is 19.1. The number of ether oxygens (including phenoxy) is 4. The first-order chi connectivity index (χ1) is 26.1. The molecule has 7 rings (SSSR count). The highest BCUT2D eigenvalue weighted by atomic mass is 16.5. The molecule has 10 heteroatoms. The highest BCUT2D eigenvalue weighted by Crippen LogP contribution is 2.51. The standard InChI is InChI=1S/C44H46O10/c1-5-9-13-51-41(47)33-21-25-17-29-30(18-26(25)22-34(33)42(48)52-14-10-6-2)38-32-20-28-24-36(44(50)54-16-12-8-4)35(43(49)53-15-11-7-3)23-27(28)19-31(32)37(29)39(45)40(38)46/h17-24,37-38H,5-16H2,1-4H3. The Morgan fingerprint density at radius 3 is 0.833 bits per heavy atom. The molecule has 54 heavy (non-hydrogen) atoms. The molecular weight excluding hydrogens is 688 g/mol. The number of Topliss-reactive ketones (excluding diaryl/α,β-unsaturated/α-hetero) is 2. The average molecular weight is 735 g/mol. The van der Waals surface area contributed by atoms with Crippen molar-refractivity contribution in [1.82, 2.24) is 0 Å². The SMILES string of the molecule is CCCCOC(=O)c1cc2cc3c(cc2cc1C(=O)OCCCC)C1C(=O)C(=O)C3c2cc3cc(C(=O)OCCCC)c(C(=O)OCCCC)cc3cc21. The second-order valence-corrected chi connectivity index (χ2v) is 14.0. The molecule has 0 aromatic heterocycles. The second kappa shape index (κ2) is 16.7. The van der Waals surface area contributed by atoms with Gasteiger partial charge in [-0.25, -0.2) is 19.2 Å². The summed E-state index contributed by atoms with van der Waals surface area (Å²) in [6, 6.07) is 13.6. The number of benzene rings is 4. The fourth-order valence-electron chi connectivity index (χ4n) is 7.18. The predicted molar refractivity (Wildman–Crippen MR) is 202 cm³/mol. The summed E-state index contributed by atoms with van der Waals surface area (Å²) in [4.78, 5) is 80.7. The first-order valence-electron chi connectivity index (χ1n) is 19.1. The van der Waals surface area contributed by atoms with Crippen molar-refractivity contribution in [2.24, 2.45) is 0 Å². The van der Waals surface area contributed by atoms with E-state index >= 15 is 0 Å². The van der Waals surface area contributed by atoms with Gasteiger partial charge in [-0.3, -0.25) is 9.59 Å². The van der Waals surface area contributed by atoms with Crippen LogP contribution in [-0.2, 0) is 28.5 Å². The molecule has 4 aromatic carbocycles. The molecule has 0 atom stereocenters. The number of esters is 4. The zero-order chi connectivity index (χ0) is 38.5. The van der Waals surface area contributed by atoms with E-state index in [1.807, 2.05) is 27.7 Å². The lowest BCUT2D eigenvalue weighted by atomic mass is 9.62. The molecule has 0 spiro atoms. The lowest BCUT2D eigenvalue weighted by molar-refractivity contribution is -0.138. The quantitative estimate of drug-likeness (QED) is 0.0476. The van der Waals surface area contributed by atoms with Crippen LogP contribution in [-0.4, -0.2) is 61.9 Å². The Hall–Kier alpha value is -5.38. The number of fused-ring (bicyclic) bond motifs is 3. The Kier molecular flexibility index (Phi) is 11.9. The largest absolute Gasteiger partial charge is 0.462 e. The van der Waals surface area contributed by atoms with Crippen LogP contribution in [0.2, 0.25) is 0 Å². The molecule has 0 fully saturated rings. The first kappa shape index (κ1) is 38.3. The van der Waals surface area contributed by atoms with E-state index in [-0.39, 0.29) is 48.7 Å². The van der Waals surface area contributed by atoms with Crippen LogP contribution in [0, 0.1) is 0 Å². The maximum Gasteiger partial charge on any atom is 0.339 e. The van der Waals surface area contributed by atoms with Gasteiger partial charge in [0.2, 0.25) is 11.6 Å². The average Bonchev–Trinajstić information content (AvgIpc) is 3.16. The summed E-state index contributed by atoms with van der Waals surface area (Å²) in [7, 11) is 0. The molecule has 3 aliphatic carbocycles. The van der Waals surface area contributed by atoms with Gasteiger partial charge in [0.15, 0.2) is 0 Å². The van der Waals surface area contributed by atoms with Crippen molar-refractivity contribution in [2.45, 2.75) is 90.9 Å². The molecule has 0 radical (unpaired) electrons. The summed E-state index contributed by atoms with van der Waals surface area (Å²) in [6.45, 7) is 8.73. The third kappa shape index (κ3) is 7.39. The van der Waals surface area contributed by atoms with Gasteiger partial charge in [-0.15, -0.1) is 0 Å². The Morgan fingerprint density at radius 1 is 0.407 bits per heavy atom. The van der Waals surface area contributed by atoms with E-state index in [2.05, 4.69) is 0 Å². The molecule has 0 saturated heterocycles. The summed E-state index contributed by atoms with van der Waals surface area (Å²) in [5, 5.41) is 2.39. The maximum atomic E-state index is 13.7. The van der Waals surface area contributed by atoms with Crippen LogP contribution in [0.5, 0.6) is 0 Å². The van der Waals surface area contributed by atoms with Gasteiger partial charge < -0.3 is 18.9 Å². The van der Waals surface area contributed by atoms with Gasteiger partial charge >= 0.3 is 23.9 Å². The van der Waals surface area contributed by atoms with Crippen molar-refractivity contribution >= 4 is 57.0 Å². The lowest BCUT2D eigenvalue weighted by Gasteiger charge is -2.38. The van der Waals surface area contributed by atoms with Crippen molar-refractivity contribution in [3.8, 4) is 0 Å². The van der Waals surface area contributed by atoms with Gasteiger partial charge in [-0.1, -0.05) is 53.4 Å². The summed E-state index contributed by atoms with van der Waals surface area (Å²) in [5.41, 5.74) is 2.78. The lowest BCUT2D eigenvalue weighted by Crippen LogP contribution is -2.40. The molecule has 282 valence electrons. The Labute approximate surface area is 314 Å². The van der Waals surface area contributed by atoms with E-state index in [0.717, 1.165) is 25.7 Å². The van der Waals surface area contributed by atoms with E-state index < -0.39 is 47.3 Å². The van der Waals surface area contributed by atoms with E-state index in [1.54, 1.807) is 48.5 Å². The van der Waals surface area contributed by atoms with E-state index in [4.69, 9.17) is 18.9 Å². The van der Waals surface area contributed by atoms with Crippen LogP contribution in [0.25, 0.3) is 21.5 Å². The molecule has 0 aliphatic heterocycles. The minimum absolute atomic E-state index is 0.0668. The number of rotatable bonds is 16. The number of carbonyl (C=O) groups excluding carboxylic acids is 6. The molecule has 10 nitrogen and oxygen atoms in total.